The van der Waals surface area contributed by atoms with Crippen LogP contribution < -0.4 is 0 Å². The third-order valence-corrected chi connectivity index (χ3v) is 0. The van der Waals surface area contributed by atoms with Gasteiger partial charge in [-0.2, -0.15) is 9.90 Å². The van der Waals surface area contributed by atoms with Crippen LogP contribution >= 0.6 is 9.90 Å². The Bertz CT molecular complexity index is 17.7. The monoisotopic (exact) mass is 225 g/mol. The topological polar surface area (TPSA) is 0 Å². The molecule has 0 aromatic heterocycles. The van der Waals surface area contributed by atoms with E-state index in [2.05, 4.69) is 0 Å². The molecule has 0 amide bonds. The van der Waals surface area contributed by atoms with Gasteiger partial charge in [0.15, 0.2) is 0 Å². The molecule has 1 unspecified atom stereocenters. The Balaban J connectivity index is 0. The van der Waals surface area contributed by atoms with Crippen molar-refractivity contribution in [3.05, 3.63) is 0 Å². The predicted octanol–water partition coefficient (Wildman–Crippen LogP) is -1.02. The maximum absolute atomic E-state index is 0. The molecule has 0 saturated heterocycles. The second kappa shape index (κ2) is 26.4. The zero-order chi connectivity index (χ0) is 0. The summed E-state index contributed by atoms with van der Waals surface area (Å²) in [7, 11) is 0. The van der Waals surface area contributed by atoms with Crippen molar-refractivity contribution in [3.8, 4) is 0 Å². The molecule has 0 heterocycles. The second-order valence-corrected chi connectivity index (χ2v) is 0. The molecule has 0 nitrogen and oxygen atoms in total. The smallest absolute Gasteiger partial charge is 1.00 e. The van der Waals surface area contributed by atoms with E-state index in [-0.39, 0.29) is 104 Å². The van der Waals surface area contributed by atoms with Gasteiger partial charge in [0.05, 0.1) is 0 Å². The van der Waals surface area contributed by atoms with Gasteiger partial charge >= 0.3 is 37.7 Å². The van der Waals surface area contributed by atoms with E-state index in [1.54, 1.807) is 0 Å². The van der Waals surface area contributed by atoms with Gasteiger partial charge in [-0.15, -0.1) is 0 Å². The maximum Gasteiger partial charge on any atom is 2.00 e. The summed E-state index contributed by atoms with van der Waals surface area (Å²) in [4.78, 5) is 0. The van der Waals surface area contributed by atoms with E-state index < -0.39 is 0 Å². The molecule has 0 fully saturated rings. The summed E-state index contributed by atoms with van der Waals surface area (Å²) in [6.45, 7) is 0. The van der Waals surface area contributed by atoms with Crippen LogP contribution in [0.1, 0.15) is 2.85 Å². The van der Waals surface area contributed by atoms with Crippen molar-refractivity contribution in [1.82, 2.24) is 0 Å². The molecule has 5 heavy (non-hydrogen) atoms. The summed E-state index contributed by atoms with van der Waals surface area (Å²) in [6.07, 6.45) is 0. The average Bonchev–Trinajstić information content (AvgIpc) is 0. The van der Waals surface area contributed by atoms with E-state index in [1.165, 1.54) is 0 Å². The zero-order valence-corrected chi connectivity index (χ0v) is 13.2. The third-order valence-electron chi connectivity index (χ3n) is 0. The van der Waals surface area contributed by atoms with Crippen LogP contribution in [0.5, 0.6) is 0 Å². The van der Waals surface area contributed by atoms with Crippen LogP contribution in [0.25, 0.3) is 0 Å². The molecule has 0 aromatic carbocycles. The summed E-state index contributed by atoms with van der Waals surface area (Å²) >= 11 is 0. The Labute approximate surface area is 103 Å². The van der Waals surface area contributed by atoms with Gasteiger partial charge in [0, 0.05) is 36.5 Å². The largest absolute Gasteiger partial charge is 2.00 e. The molecule has 0 aromatic rings. The van der Waals surface area contributed by atoms with Gasteiger partial charge in [-0.3, -0.25) is 0 Å². The van der Waals surface area contributed by atoms with E-state index in [9.17, 15) is 0 Å². The molecule has 1 atom stereocenters. The molecule has 0 saturated carbocycles. The first-order chi connectivity index (χ1) is 0. The summed E-state index contributed by atoms with van der Waals surface area (Å²) < 4.78 is 0. The molecule has 5 heteroatoms. The first kappa shape index (κ1) is 40.1. The molecule has 0 rings (SSSR count). The van der Waals surface area contributed by atoms with Crippen LogP contribution in [0.3, 0.4) is 0 Å². The van der Waals surface area contributed by atoms with Gasteiger partial charge in [-0.1, -0.05) is 0 Å². The first-order valence-corrected chi connectivity index (χ1v) is 0. The van der Waals surface area contributed by atoms with Crippen molar-refractivity contribution in [2.24, 2.45) is 0 Å². The van der Waals surface area contributed by atoms with E-state index in [1.807, 2.05) is 0 Å². The minimum Gasteiger partial charge on any atom is -1.00 e. The van der Waals surface area contributed by atoms with Crippen molar-refractivity contribution in [1.29, 1.82) is 0 Å². The van der Waals surface area contributed by atoms with Gasteiger partial charge in [0.2, 0.25) is 0 Å². The Morgan fingerprint density at radius 2 is 1.20 bits per heavy atom. The number of hydrogen-bond donors (Lipinski definition) is 0. The van der Waals surface area contributed by atoms with Crippen LogP contribution in [0.15, 0.2) is 0 Å². The van der Waals surface area contributed by atoms with Crippen molar-refractivity contribution >= 4 is 65.0 Å². The van der Waals surface area contributed by atoms with Gasteiger partial charge in [-0.25, -0.2) is 0 Å². The van der Waals surface area contributed by atoms with Crippen molar-refractivity contribution < 1.29 is 39.4 Å². The van der Waals surface area contributed by atoms with Gasteiger partial charge in [0.1, 0.15) is 17.4 Å². The Morgan fingerprint density at radius 3 is 1.20 bits per heavy atom. The van der Waals surface area contributed by atoms with Crippen molar-refractivity contribution in [2.75, 3.05) is 0 Å². The molecule has 0 aliphatic carbocycles. The number of rotatable bonds is 0. The third kappa shape index (κ3) is 18.7. The van der Waals surface area contributed by atoms with Crippen LogP contribution in [-0.4, -0.2) is 55.1 Å². The summed E-state index contributed by atoms with van der Waals surface area (Å²) in [5, 5.41) is 0. The SMILES string of the molecule is P.[AlH2].[Ca+2].[Fe].[H-].[H-].[Zn]. The van der Waals surface area contributed by atoms with E-state index >= 15 is 0 Å². The summed E-state index contributed by atoms with van der Waals surface area (Å²) in [5.41, 5.74) is 0. The fourth-order valence-corrected chi connectivity index (χ4v) is 0. The zero-order valence-electron chi connectivity index (χ0n) is 5.47. The van der Waals surface area contributed by atoms with Gasteiger partial charge in [0.25, 0.3) is 0 Å². The fraction of sp³-hybridized carbons (Fsp3) is 0. The predicted molar refractivity (Wildman–Crippen MR) is 27.6 cm³/mol. The Hall–Kier alpha value is 3.37. The Morgan fingerprint density at radius 1 is 1.20 bits per heavy atom. The minimum absolute atomic E-state index is 0. The van der Waals surface area contributed by atoms with Gasteiger partial charge in [-0.05, 0) is 0 Å². The van der Waals surface area contributed by atoms with Crippen LogP contribution in [-0.2, 0) is 36.5 Å². The molecule has 27 valence electrons. The minimum atomic E-state index is 0. The molecule has 1 radical (unpaired) electrons. The Kier molecular flexibility index (Phi) is 211. The van der Waals surface area contributed by atoms with E-state index in [0.717, 1.165) is 0 Å². The summed E-state index contributed by atoms with van der Waals surface area (Å²) in [6, 6.07) is 0. The van der Waals surface area contributed by atoms with Crippen LogP contribution in [0.2, 0.25) is 0 Å². The van der Waals surface area contributed by atoms with Crippen LogP contribution in [0.4, 0.5) is 0 Å². The molecular formula is H7AlCaFePZn. The van der Waals surface area contributed by atoms with Gasteiger partial charge < -0.3 is 2.85 Å². The quantitative estimate of drug-likeness (QED) is 0.366. The standard InChI is InChI=1S/Al.Ca.Fe.H3P.Zn.4H/h;;;1H3;;;;;/q;+2;;;;;;2*-1. The van der Waals surface area contributed by atoms with Crippen molar-refractivity contribution in [2.45, 2.75) is 0 Å². The van der Waals surface area contributed by atoms with E-state index in [0.29, 0.717) is 0 Å². The molecule has 0 aliphatic rings. The molecule has 0 spiro atoms. The molecule has 0 aliphatic heterocycles. The fourth-order valence-electron chi connectivity index (χ4n) is 0. The average molecular weight is 226 g/mol. The number of hydrogen-bond acceptors (Lipinski definition) is 0. The first-order valence-electron chi connectivity index (χ1n) is 0. The molecule has 0 bridgehead atoms. The van der Waals surface area contributed by atoms with Crippen LogP contribution in [0, 0.1) is 0 Å². The van der Waals surface area contributed by atoms with Crippen molar-refractivity contribution in [3.63, 3.8) is 0 Å². The second-order valence-electron chi connectivity index (χ2n) is 0. The normalized spacial score (nSPS) is 0. The van der Waals surface area contributed by atoms with E-state index in [4.69, 9.17) is 0 Å². The molecule has 0 N–H and O–H groups in total. The maximum atomic E-state index is 0. The summed E-state index contributed by atoms with van der Waals surface area (Å²) in [5.74, 6) is 0. The molecular weight excluding hydrogens is 219 g/mol.